The number of hydrogen-bond donors (Lipinski definition) is 6. The van der Waals surface area contributed by atoms with Gasteiger partial charge in [0.2, 0.25) is 12.0 Å². The minimum absolute atomic E-state index is 0.175. The number of cyclic esters (lactones) is 1. The maximum absolute atomic E-state index is 12.1. The lowest BCUT2D eigenvalue weighted by atomic mass is 9.99. The van der Waals surface area contributed by atoms with E-state index in [0.29, 0.717) is 6.42 Å². The van der Waals surface area contributed by atoms with Crippen LogP contribution in [0.5, 0.6) is 0 Å². The predicted octanol–water partition coefficient (Wildman–Crippen LogP) is -1.24. The van der Waals surface area contributed by atoms with Crippen molar-refractivity contribution in [2.24, 2.45) is 0 Å². The minimum Gasteiger partial charge on any atom is -0.505 e. The second-order valence-corrected chi connectivity index (χ2v) is 7.77. The molecule has 2 rings (SSSR count). The fourth-order valence-corrected chi connectivity index (χ4v) is 3.32. The van der Waals surface area contributed by atoms with Crippen LogP contribution in [0.25, 0.3) is 0 Å². The van der Waals surface area contributed by atoms with Gasteiger partial charge in [0.05, 0.1) is 6.61 Å². The molecule has 1 saturated heterocycles. The summed E-state index contributed by atoms with van der Waals surface area (Å²) in [4.78, 5) is 23.8. The van der Waals surface area contributed by atoms with Gasteiger partial charge < -0.3 is 49.6 Å². The van der Waals surface area contributed by atoms with Crippen LogP contribution in [0.15, 0.2) is 11.5 Å². The number of rotatable bonds is 12. The number of unbranched alkanes of at least 4 members (excludes halogenated alkanes) is 4. The molecule has 32 heavy (non-hydrogen) atoms. The quantitative estimate of drug-likeness (QED) is 0.149. The second kappa shape index (κ2) is 12.3. The number of ether oxygens (including phenoxy) is 4. The van der Waals surface area contributed by atoms with Crippen molar-refractivity contribution in [3.05, 3.63) is 11.5 Å². The Morgan fingerprint density at radius 3 is 2.44 bits per heavy atom. The molecule has 0 aromatic heterocycles. The summed E-state index contributed by atoms with van der Waals surface area (Å²) >= 11 is 0. The second-order valence-electron chi connectivity index (χ2n) is 7.77. The molecule has 0 radical (unpaired) electrons. The number of carbonyl (C=O) groups is 2. The fourth-order valence-electron chi connectivity index (χ4n) is 3.32. The number of carbonyl (C=O) groups excluding carboxylic acids is 2. The zero-order chi connectivity index (χ0) is 23.8. The highest BCUT2D eigenvalue weighted by Crippen LogP contribution is 2.29. The van der Waals surface area contributed by atoms with Crippen molar-refractivity contribution in [1.29, 1.82) is 0 Å². The molecule has 2 heterocycles. The number of esters is 2. The Labute approximate surface area is 185 Å². The molecular formula is C20H32O12. The van der Waals surface area contributed by atoms with Crippen molar-refractivity contribution < 1.29 is 59.2 Å². The normalized spacial score (nSPS) is 31.4. The molecule has 1 fully saturated rings. The van der Waals surface area contributed by atoms with E-state index < -0.39 is 79.6 Å². The largest absolute Gasteiger partial charge is 0.505 e. The van der Waals surface area contributed by atoms with E-state index in [9.17, 15) is 40.2 Å². The molecule has 12 heteroatoms. The van der Waals surface area contributed by atoms with Gasteiger partial charge in [-0.1, -0.05) is 32.6 Å². The molecule has 12 nitrogen and oxygen atoms in total. The average molecular weight is 464 g/mol. The molecule has 0 aromatic carbocycles. The molecule has 2 aliphatic rings. The van der Waals surface area contributed by atoms with Crippen LogP contribution in [0.2, 0.25) is 0 Å². The Morgan fingerprint density at radius 2 is 1.78 bits per heavy atom. The van der Waals surface area contributed by atoms with Crippen LogP contribution in [-0.2, 0) is 28.5 Å². The van der Waals surface area contributed by atoms with Crippen molar-refractivity contribution in [2.45, 2.75) is 88.4 Å². The summed E-state index contributed by atoms with van der Waals surface area (Å²) in [6, 6.07) is 0. The number of hydrogen-bond acceptors (Lipinski definition) is 12. The van der Waals surface area contributed by atoms with Gasteiger partial charge in [-0.2, -0.15) is 0 Å². The average Bonchev–Trinajstić information content (AvgIpc) is 3.05. The first-order chi connectivity index (χ1) is 15.2. The number of aliphatic hydroxyl groups is 6. The standard InChI is InChI=1S/C20H32O12/c1-2-3-4-5-6-7-12(23)29-9-10(22)17-16(27)18(19(28)31-17)32-20-15(26)14(25)13(24)11(8-21)30-20/h10-11,13-15,17,20-22,24-27H,2-9H2,1H3/t10-,11+,13+,14-,15+,17+,20-/m0/s1. The van der Waals surface area contributed by atoms with Gasteiger partial charge in [-0.15, -0.1) is 0 Å². The van der Waals surface area contributed by atoms with Crippen LogP contribution in [0.1, 0.15) is 45.4 Å². The first-order valence-corrected chi connectivity index (χ1v) is 10.7. The molecule has 0 aromatic rings. The third-order valence-corrected chi connectivity index (χ3v) is 5.25. The van der Waals surface area contributed by atoms with Crippen LogP contribution in [-0.4, -0.2) is 98.7 Å². The monoisotopic (exact) mass is 464 g/mol. The molecule has 0 bridgehead atoms. The summed E-state index contributed by atoms with van der Waals surface area (Å²) in [5, 5.41) is 59.2. The minimum atomic E-state index is -1.82. The van der Waals surface area contributed by atoms with E-state index in [0.717, 1.165) is 25.7 Å². The molecule has 0 unspecified atom stereocenters. The highest BCUT2D eigenvalue weighted by atomic mass is 16.7. The predicted molar refractivity (Wildman–Crippen MR) is 105 cm³/mol. The van der Waals surface area contributed by atoms with Gasteiger partial charge in [0.25, 0.3) is 0 Å². The molecule has 0 aliphatic carbocycles. The molecule has 0 saturated carbocycles. The van der Waals surface area contributed by atoms with Gasteiger partial charge in [-0.3, -0.25) is 4.79 Å². The summed E-state index contributed by atoms with van der Waals surface area (Å²) in [5.41, 5.74) is 0. The highest BCUT2D eigenvalue weighted by molar-refractivity contribution is 5.89. The van der Waals surface area contributed by atoms with Gasteiger partial charge in [0, 0.05) is 6.42 Å². The maximum Gasteiger partial charge on any atom is 0.378 e. The lowest BCUT2D eigenvalue weighted by Gasteiger charge is -2.39. The van der Waals surface area contributed by atoms with Gasteiger partial charge in [0.1, 0.15) is 37.1 Å². The van der Waals surface area contributed by atoms with E-state index in [1.54, 1.807) is 0 Å². The molecule has 0 spiro atoms. The van der Waals surface area contributed by atoms with Crippen molar-refractivity contribution >= 4 is 11.9 Å². The van der Waals surface area contributed by atoms with Crippen molar-refractivity contribution in [2.75, 3.05) is 13.2 Å². The Bertz CT molecular complexity index is 663. The molecule has 6 N–H and O–H groups in total. The smallest absolute Gasteiger partial charge is 0.378 e. The molecule has 0 amide bonds. The van der Waals surface area contributed by atoms with Gasteiger partial charge >= 0.3 is 11.9 Å². The lowest BCUT2D eigenvalue weighted by molar-refractivity contribution is -0.291. The molecule has 184 valence electrons. The van der Waals surface area contributed by atoms with E-state index >= 15 is 0 Å². The third kappa shape index (κ3) is 6.53. The Kier molecular flexibility index (Phi) is 10.1. The van der Waals surface area contributed by atoms with Crippen LogP contribution >= 0.6 is 0 Å². The molecular weight excluding hydrogens is 432 g/mol. The Hall–Kier alpha value is -1.96. The van der Waals surface area contributed by atoms with Crippen molar-refractivity contribution in [1.82, 2.24) is 0 Å². The van der Waals surface area contributed by atoms with E-state index in [2.05, 4.69) is 6.92 Å². The van der Waals surface area contributed by atoms with Crippen LogP contribution in [0.4, 0.5) is 0 Å². The van der Waals surface area contributed by atoms with Crippen LogP contribution in [0, 0.1) is 0 Å². The summed E-state index contributed by atoms with van der Waals surface area (Å²) in [6.45, 7) is 0.824. The van der Waals surface area contributed by atoms with E-state index in [-0.39, 0.29) is 6.42 Å². The van der Waals surface area contributed by atoms with Crippen molar-refractivity contribution in [3.63, 3.8) is 0 Å². The fraction of sp³-hybridized carbons (Fsp3) is 0.800. The van der Waals surface area contributed by atoms with Gasteiger partial charge in [-0.05, 0) is 6.42 Å². The van der Waals surface area contributed by atoms with E-state index in [1.807, 2.05) is 0 Å². The van der Waals surface area contributed by atoms with E-state index in [4.69, 9.17) is 18.9 Å². The molecule has 2 aliphatic heterocycles. The Morgan fingerprint density at radius 1 is 1.09 bits per heavy atom. The van der Waals surface area contributed by atoms with Gasteiger partial charge in [0.15, 0.2) is 11.9 Å². The molecule has 7 atom stereocenters. The summed E-state index contributed by atoms with van der Waals surface area (Å²) in [5.74, 6) is -3.34. The summed E-state index contributed by atoms with van der Waals surface area (Å²) < 4.78 is 20.0. The summed E-state index contributed by atoms with van der Waals surface area (Å²) in [6.07, 6.45) is -6.51. The van der Waals surface area contributed by atoms with Gasteiger partial charge in [-0.25, -0.2) is 4.79 Å². The zero-order valence-corrected chi connectivity index (χ0v) is 17.8. The highest BCUT2D eigenvalue weighted by Gasteiger charge is 2.48. The lowest BCUT2D eigenvalue weighted by Crippen LogP contribution is -2.59. The third-order valence-electron chi connectivity index (χ3n) is 5.25. The van der Waals surface area contributed by atoms with Crippen molar-refractivity contribution in [3.8, 4) is 0 Å². The Balaban J connectivity index is 1.90. The van der Waals surface area contributed by atoms with Crippen LogP contribution < -0.4 is 0 Å². The summed E-state index contributed by atoms with van der Waals surface area (Å²) in [7, 11) is 0. The first-order valence-electron chi connectivity index (χ1n) is 10.7. The van der Waals surface area contributed by atoms with Crippen LogP contribution in [0.3, 0.4) is 0 Å². The van der Waals surface area contributed by atoms with E-state index in [1.165, 1.54) is 0 Å². The maximum atomic E-state index is 12.1. The number of aliphatic hydroxyl groups excluding tert-OH is 6. The topological polar surface area (TPSA) is 192 Å². The zero-order valence-electron chi connectivity index (χ0n) is 17.8. The SMILES string of the molecule is CCCCCCCC(=O)OC[C@H](O)[C@H]1OC(=O)C(O[C@@H]2O[C@H](CO)[C@@H](O)[C@H](O)[C@H]2O)=C1O. The first kappa shape index (κ1) is 26.3.